The van der Waals surface area contributed by atoms with Crippen LogP contribution >= 0.6 is 12.6 Å². The van der Waals surface area contributed by atoms with Crippen LogP contribution in [-0.2, 0) is 50.0 Å². The number of unbranched alkanes of at least 4 members (excludes halogenated alkanes) is 4. The van der Waals surface area contributed by atoms with E-state index in [4.69, 9.17) is 22.1 Å². The van der Waals surface area contributed by atoms with E-state index in [9.17, 15) is 44.0 Å². The zero-order valence-corrected chi connectivity index (χ0v) is 70.5. The SMILES string of the molecule is CCCC[C@]1(CC)CS(=O)(=O)c2c(ccc(OC)c2OC)[C@@H](c2ccccc2)N1.CCCC[C@]1(CC)CS(=O)(=O)c2cc(O)ccc2[C@@H](c2ccccc2)N1O.CCCC[C@]1(CC)CS(=O)(=O)c2cc(S)ccc2[C@@H](c2ccccc2)N1.CCCC[C@]1(CC)CS(=O)(=O)c2ccccc2[C@@H](c2ccccc2)N1.O=S(=O)=O. The molecule has 25 heteroatoms. The maximum absolute atomic E-state index is 13.7. The Labute approximate surface area is 666 Å². The summed E-state index contributed by atoms with van der Waals surface area (Å²) < 4.78 is 143. The lowest BCUT2D eigenvalue weighted by atomic mass is 9.87. The Balaban J connectivity index is 0.000000183. The Morgan fingerprint density at radius 2 is 0.793 bits per heavy atom. The second kappa shape index (κ2) is 39.7. The number of methoxy groups -OCH3 is 2. The van der Waals surface area contributed by atoms with Crippen molar-refractivity contribution in [3.05, 3.63) is 239 Å². The van der Waals surface area contributed by atoms with Crippen molar-refractivity contribution in [3.8, 4) is 17.2 Å². The molecular weight excluding hydrogens is 1520 g/mol. The number of fused-ring (bicyclic) bond motifs is 4. The number of nitrogens with zero attached hydrogens (tertiary/aromatic N) is 1. The molecule has 0 aliphatic carbocycles. The Morgan fingerprint density at radius 3 is 1.23 bits per heavy atom. The average molecular weight is 1630 g/mol. The number of aromatic hydroxyl groups is 1. The van der Waals surface area contributed by atoms with Gasteiger partial charge in [0.1, 0.15) is 10.6 Å². The number of nitrogens with one attached hydrogen (secondary N) is 3. The molecule has 8 aromatic rings. The molecule has 0 amide bonds. The van der Waals surface area contributed by atoms with Crippen molar-refractivity contribution in [2.45, 2.75) is 229 Å². The highest BCUT2D eigenvalue weighted by Crippen LogP contribution is 2.48. The average Bonchev–Trinajstić information content (AvgIpc) is 1.65. The number of hydrogen-bond donors (Lipinski definition) is 6. The summed E-state index contributed by atoms with van der Waals surface area (Å²) in [5.41, 5.74) is 4.73. The van der Waals surface area contributed by atoms with Gasteiger partial charge in [-0.3, -0.25) is 16.0 Å². The molecule has 19 nitrogen and oxygen atoms in total. The van der Waals surface area contributed by atoms with Gasteiger partial charge in [0.05, 0.1) is 81.6 Å². The largest absolute Gasteiger partial charge is 0.508 e. The maximum atomic E-state index is 13.7. The molecule has 8 aromatic carbocycles. The predicted octanol–water partition coefficient (Wildman–Crippen LogP) is 17.1. The van der Waals surface area contributed by atoms with E-state index in [2.05, 4.69) is 101 Å². The number of benzene rings is 8. The van der Waals surface area contributed by atoms with Crippen LogP contribution in [-0.4, -0.2) is 121 Å². The Morgan fingerprint density at radius 1 is 0.423 bits per heavy atom. The highest BCUT2D eigenvalue weighted by Gasteiger charge is 2.49. The Kier molecular flexibility index (Phi) is 31.9. The summed E-state index contributed by atoms with van der Waals surface area (Å²) in [7, 11) is -14.1. The second-order valence-corrected chi connectivity index (χ2v) is 38.2. The number of rotatable bonds is 22. The normalized spacial score (nSPS) is 23.7. The van der Waals surface area contributed by atoms with E-state index in [1.54, 1.807) is 24.3 Å². The first-order valence-corrected chi connectivity index (χ1v) is 46.6. The van der Waals surface area contributed by atoms with Gasteiger partial charge in [-0.25, -0.2) is 33.7 Å². The summed E-state index contributed by atoms with van der Waals surface area (Å²) >= 11 is 4.39. The highest BCUT2D eigenvalue weighted by atomic mass is 32.2. The van der Waals surface area contributed by atoms with E-state index in [1.165, 1.54) is 31.4 Å². The molecule has 0 aromatic heterocycles. The first kappa shape index (κ1) is 89.3. The molecule has 0 bridgehead atoms. The molecule has 0 radical (unpaired) electrons. The van der Waals surface area contributed by atoms with Gasteiger partial charge in [0.15, 0.2) is 50.8 Å². The van der Waals surface area contributed by atoms with Crippen LogP contribution in [0, 0.1) is 0 Å². The van der Waals surface area contributed by atoms with Crippen molar-refractivity contribution >= 4 is 62.6 Å². The van der Waals surface area contributed by atoms with Crippen LogP contribution in [0.4, 0.5) is 0 Å². The number of ether oxygens (including phenoxy) is 2. The molecule has 4 aliphatic rings. The molecule has 111 heavy (non-hydrogen) atoms. The van der Waals surface area contributed by atoms with Crippen molar-refractivity contribution in [3.63, 3.8) is 0 Å². The first-order valence-electron chi connectivity index (χ1n) is 38.6. The van der Waals surface area contributed by atoms with Gasteiger partial charge in [0.2, 0.25) is 0 Å². The molecular formula is C86H112N4O15S6. The van der Waals surface area contributed by atoms with E-state index in [0.717, 1.165) is 123 Å². The fourth-order valence-corrected chi connectivity index (χ4v) is 25.0. The monoisotopic (exact) mass is 1630 g/mol. The van der Waals surface area contributed by atoms with Gasteiger partial charge in [-0.1, -0.05) is 264 Å². The van der Waals surface area contributed by atoms with Gasteiger partial charge in [-0.15, -0.1) is 25.3 Å². The number of phenolic OH excluding ortho intramolecular Hbond substituents is 1. The quantitative estimate of drug-likeness (QED) is 0.0344. The summed E-state index contributed by atoms with van der Waals surface area (Å²) in [6, 6.07) is 59.6. The van der Waals surface area contributed by atoms with Gasteiger partial charge in [-0.2, -0.15) is 5.06 Å². The number of thiol groups is 1. The lowest BCUT2D eigenvalue weighted by Crippen LogP contribution is -2.51. The standard InChI is InChI=1S/C23H31NO4S.C21H27NO4S.C21H27NO2S2.C21H27NO2S.O3S/c1-5-7-15-23(6-2)16-29(25,26)22-18(13-14-19(27-3)21(22)28-4)20(24-23)17-11-9-8-10-12-17;1-3-5-13-21(4-2)15-27(25,26)19-14-17(23)11-12-18(19)20(22(21)24)16-9-7-6-8-10-16;1-3-5-13-21(4-2)15-26(23,24)19-14-17(25)11-12-18(19)20(22-21)16-9-7-6-8-10-16;1-3-5-15-21(4-2)16-25(23,24)19-14-10-9-13-18(19)20(22-21)17-11-7-6-8-12-17;1-4(2)3/h8-14,20,24H,5-7,15-16H2,1-4H3;6-12,14,20,23-24H,3-5,13,15H2,1-2H3;6-12,14,20,22,25H,3-5,13,15H2,1-2H3;6-14,20,22H,3-5,15-16H2,1-2H3;/t20-,23-;3*20-,21-;/m1111./s1. The van der Waals surface area contributed by atoms with Crippen molar-refractivity contribution in [1.29, 1.82) is 0 Å². The Hall–Kier alpha value is -7.27. The number of hydroxylamine groups is 2. The van der Waals surface area contributed by atoms with Gasteiger partial charge in [0.25, 0.3) is 0 Å². The van der Waals surface area contributed by atoms with Gasteiger partial charge < -0.3 is 19.8 Å². The van der Waals surface area contributed by atoms with Crippen LogP contribution in [0.2, 0.25) is 0 Å². The van der Waals surface area contributed by atoms with Crippen molar-refractivity contribution in [1.82, 2.24) is 21.0 Å². The topological polar surface area (TPSA) is 286 Å². The third-order valence-electron chi connectivity index (χ3n) is 22.2. The minimum Gasteiger partial charge on any atom is -0.508 e. The second-order valence-electron chi connectivity index (χ2n) is 29.5. The molecule has 4 heterocycles. The summed E-state index contributed by atoms with van der Waals surface area (Å²) in [6.07, 6.45) is 13.8. The highest BCUT2D eigenvalue weighted by molar-refractivity contribution is 7.92. The molecule has 8 atom stereocenters. The molecule has 602 valence electrons. The fraction of sp³-hybridized carbons (Fsp3) is 0.442. The predicted molar refractivity (Wildman–Crippen MR) is 442 cm³/mol. The van der Waals surface area contributed by atoms with Crippen LogP contribution in [0.1, 0.15) is 227 Å². The van der Waals surface area contributed by atoms with Crippen molar-refractivity contribution < 1.29 is 66.1 Å². The minimum absolute atomic E-state index is 0.0381. The van der Waals surface area contributed by atoms with Gasteiger partial charge in [0, 0.05) is 21.5 Å². The number of phenols is 1. The Bertz CT molecular complexity index is 4970. The molecule has 0 spiro atoms. The van der Waals surface area contributed by atoms with Crippen molar-refractivity contribution in [2.24, 2.45) is 0 Å². The molecule has 0 saturated carbocycles. The van der Waals surface area contributed by atoms with E-state index >= 15 is 0 Å². The molecule has 0 unspecified atom stereocenters. The summed E-state index contributed by atoms with van der Waals surface area (Å²) in [6.45, 7) is 16.6. The van der Waals surface area contributed by atoms with Crippen LogP contribution in [0.25, 0.3) is 0 Å². The van der Waals surface area contributed by atoms with Crippen LogP contribution in [0.5, 0.6) is 17.2 Å². The molecule has 4 aliphatic heterocycles. The van der Waals surface area contributed by atoms with E-state index in [1.807, 2.05) is 140 Å². The summed E-state index contributed by atoms with van der Waals surface area (Å²) in [4.78, 5) is 1.91. The third kappa shape index (κ3) is 21.6. The van der Waals surface area contributed by atoms with E-state index in [0.29, 0.717) is 44.4 Å². The third-order valence-corrected chi connectivity index (χ3v) is 30.3. The first-order chi connectivity index (χ1) is 52.9. The maximum Gasteiger partial charge on any atom is 0.425 e. The zero-order valence-electron chi connectivity index (χ0n) is 65.6. The van der Waals surface area contributed by atoms with Crippen LogP contribution in [0.15, 0.2) is 219 Å². The smallest absolute Gasteiger partial charge is 0.425 e. The summed E-state index contributed by atoms with van der Waals surface area (Å²) in [5, 5.41) is 33.9. The summed E-state index contributed by atoms with van der Waals surface area (Å²) in [5.74, 6) is 0.782. The van der Waals surface area contributed by atoms with E-state index < -0.39 is 78.2 Å². The minimum atomic E-state index is -3.69. The van der Waals surface area contributed by atoms with E-state index in [-0.39, 0.29) is 62.4 Å². The molecule has 12 rings (SSSR count). The lowest BCUT2D eigenvalue weighted by Gasteiger charge is -2.42. The van der Waals surface area contributed by atoms with Crippen molar-refractivity contribution in [2.75, 3.05) is 37.2 Å². The van der Waals surface area contributed by atoms with Gasteiger partial charge in [-0.05, 0) is 132 Å². The van der Waals surface area contributed by atoms with Crippen LogP contribution in [0.3, 0.4) is 0 Å². The fourth-order valence-electron chi connectivity index (χ4n) is 15.9. The number of sulfone groups is 4. The molecule has 5 N–H and O–H groups in total. The molecule has 0 saturated heterocycles. The van der Waals surface area contributed by atoms with Gasteiger partial charge >= 0.3 is 10.6 Å². The van der Waals surface area contributed by atoms with Crippen LogP contribution < -0.4 is 25.4 Å². The zero-order chi connectivity index (χ0) is 81.0. The number of hydrogen-bond acceptors (Lipinski definition) is 20. The lowest BCUT2D eigenvalue weighted by molar-refractivity contribution is -0.193. The molecule has 0 fully saturated rings.